The number of aliphatic hydroxyl groups excluding tert-OH is 13. The summed E-state index contributed by atoms with van der Waals surface area (Å²) in [4.78, 5) is 10.8. The van der Waals surface area contributed by atoms with E-state index in [9.17, 15) is 71.2 Å². The molecule has 0 aliphatic carbocycles. The molecule has 25 heteroatoms. The van der Waals surface area contributed by atoms with Crippen LogP contribution >= 0.6 is 0 Å². The van der Waals surface area contributed by atoms with E-state index in [-0.39, 0.29) is 6.42 Å². The summed E-state index contributed by atoms with van der Waals surface area (Å²) in [6.07, 6.45) is -33.1. The van der Waals surface area contributed by atoms with E-state index in [1.165, 1.54) is 20.8 Å². The van der Waals surface area contributed by atoms with Gasteiger partial charge in [-0.25, -0.2) is 0 Å². The number of rotatable bonds is 24. The Labute approximate surface area is 400 Å². The van der Waals surface area contributed by atoms with Crippen molar-refractivity contribution in [3.8, 4) is 0 Å². The second-order valence-electron chi connectivity index (χ2n) is 18.8. The van der Waals surface area contributed by atoms with E-state index in [0.717, 1.165) is 44.9 Å². The van der Waals surface area contributed by atoms with Crippen LogP contribution in [0.2, 0.25) is 0 Å². The van der Waals surface area contributed by atoms with Crippen molar-refractivity contribution in [2.75, 3.05) is 13.2 Å². The SMILES string of the molecule is CCC[C@@H](CCCCCCCCCC(=O)O)O[C@H]1O[C@@H](CO)[C@@H](O)[C@@H](O)[C@@H]1O[C@H]1O[C@@H](C)[C@H](O[C@H]2O[C@@H](C)[C@H](O[C@@H]3O[C@H](C)[C@@H](O)[C@H](O)[C@@H]3O)[C@@H](O[C@@H]3O[C@H](CO)[C@@H](O)[C@H](O)[C@H]3O)[C@H]2O)[C@@H](O)[C@H]1O. The van der Waals surface area contributed by atoms with Crippen molar-refractivity contribution in [3.63, 3.8) is 0 Å². The Hall–Kier alpha value is -1.45. The highest BCUT2D eigenvalue weighted by molar-refractivity contribution is 5.66. The van der Waals surface area contributed by atoms with Crippen LogP contribution in [0.25, 0.3) is 0 Å². The van der Waals surface area contributed by atoms with Crippen molar-refractivity contribution in [1.29, 1.82) is 0 Å². The first-order chi connectivity index (χ1) is 32.7. The number of aliphatic carboxylic acids is 1. The molecule has 0 spiro atoms. The van der Waals surface area contributed by atoms with Crippen molar-refractivity contribution in [2.24, 2.45) is 0 Å². The Morgan fingerprint density at radius 3 is 1.43 bits per heavy atom. The quantitative estimate of drug-likeness (QED) is 0.0409. The third-order valence-electron chi connectivity index (χ3n) is 13.5. The van der Waals surface area contributed by atoms with Gasteiger partial charge in [0.1, 0.15) is 104 Å². The number of hydrogen-bond acceptors (Lipinski definition) is 24. The predicted octanol–water partition coefficient (Wildman–Crippen LogP) is -4.05. The molecular weight excluding hydrogens is 928 g/mol. The lowest BCUT2D eigenvalue weighted by molar-refractivity contribution is -0.400. The van der Waals surface area contributed by atoms with Gasteiger partial charge in [-0.1, -0.05) is 51.9 Å². The molecule has 0 saturated carbocycles. The molecule has 0 radical (unpaired) electrons. The number of aliphatic hydroxyl groups is 13. The molecule has 0 aromatic carbocycles. The maximum atomic E-state index is 11.9. The van der Waals surface area contributed by atoms with E-state index in [1.807, 2.05) is 6.92 Å². The second-order valence-corrected chi connectivity index (χ2v) is 18.8. The van der Waals surface area contributed by atoms with Crippen LogP contribution in [0.3, 0.4) is 0 Å². The van der Waals surface area contributed by atoms with Crippen LogP contribution < -0.4 is 0 Å². The normalized spacial score (nSPS) is 45.8. The Morgan fingerprint density at radius 2 is 0.855 bits per heavy atom. The fourth-order valence-corrected chi connectivity index (χ4v) is 9.31. The summed E-state index contributed by atoms with van der Waals surface area (Å²) in [5.74, 6) is -0.809. The molecule has 0 unspecified atom stereocenters. The highest BCUT2D eigenvalue weighted by Gasteiger charge is 2.56. The zero-order valence-corrected chi connectivity index (χ0v) is 39.5. The summed E-state index contributed by atoms with van der Waals surface area (Å²) in [6, 6.07) is 0. The smallest absolute Gasteiger partial charge is 0.303 e. The van der Waals surface area contributed by atoms with E-state index in [2.05, 4.69) is 0 Å². The van der Waals surface area contributed by atoms with Gasteiger partial charge in [-0.2, -0.15) is 0 Å². The molecule has 25 nitrogen and oxygen atoms in total. The zero-order chi connectivity index (χ0) is 50.9. The maximum Gasteiger partial charge on any atom is 0.303 e. The number of carboxylic acid groups (broad SMARTS) is 1. The van der Waals surface area contributed by atoms with Crippen LogP contribution in [-0.4, -0.2) is 250 Å². The largest absolute Gasteiger partial charge is 0.481 e. The third kappa shape index (κ3) is 14.7. The molecule has 5 saturated heterocycles. The van der Waals surface area contributed by atoms with Crippen LogP contribution in [0.4, 0.5) is 0 Å². The van der Waals surface area contributed by atoms with Crippen molar-refractivity contribution < 1.29 is 124 Å². The van der Waals surface area contributed by atoms with Crippen molar-refractivity contribution in [1.82, 2.24) is 0 Å². The number of unbranched alkanes of at least 4 members (excludes halogenated alkanes) is 6. The van der Waals surface area contributed by atoms with Crippen molar-refractivity contribution in [3.05, 3.63) is 0 Å². The van der Waals surface area contributed by atoms with Gasteiger partial charge < -0.3 is 119 Å². The fraction of sp³-hybridized carbons (Fsp3) is 0.977. The second kappa shape index (κ2) is 27.2. The molecule has 69 heavy (non-hydrogen) atoms. The zero-order valence-electron chi connectivity index (χ0n) is 39.5. The molecule has 0 aromatic rings. The van der Waals surface area contributed by atoms with Gasteiger partial charge in [-0.3, -0.25) is 4.79 Å². The standard InChI is InChI=1S/C44H78O25/c1-5-13-21(14-11-9-7-6-8-10-12-15-24(47)48)63-44-39(30(54)27(51)23(17-46)65-44)69-41-34(58)31(55)36(19(3)61-41)66-43-35(59)38(68-42-33(57)29(53)26(50)22(16-45)64-42)37(20(4)62-43)67-40-32(56)28(52)25(49)18(2)60-40/h18-23,25-46,49-59H,5-17H2,1-4H3,(H,47,48)/t18-,19+,20+,21+,22-,23+,25-,26-,27-,28+,29+,30-,31+,32+,33-,34-,35-,36+,37+,38+,39+,40+,41-,42+,43-,44+/m1/s1. The molecule has 5 heterocycles. The maximum absolute atomic E-state index is 11.9. The van der Waals surface area contributed by atoms with Crippen LogP contribution in [-0.2, 0) is 52.2 Å². The Morgan fingerprint density at radius 1 is 0.435 bits per heavy atom. The minimum Gasteiger partial charge on any atom is -0.481 e. The topological polar surface area (TPSA) is 393 Å². The summed E-state index contributed by atoms with van der Waals surface area (Å²) in [5.41, 5.74) is 0. The lowest BCUT2D eigenvalue weighted by atomic mass is 9.95. The molecular formula is C44H78O25. The first kappa shape index (κ1) is 58.4. The average Bonchev–Trinajstić information content (AvgIpc) is 3.31. The monoisotopic (exact) mass is 1010 g/mol. The first-order valence-electron chi connectivity index (χ1n) is 24.2. The minimum absolute atomic E-state index is 0.149. The van der Waals surface area contributed by atoms with E-state index in [4.69, 9.17) is 52.5 Å². The molecule has 26 atom stereocenters. The Kier molecular flexibility index (Phi) is 23.0. The molecule has 0 bridgehead atoms. The average molecular weight is 1010 g/mol. The predicted molar refractivity (Wildman–Crippen MR) is 229 cm³/mol. The van der Waals surface area contributed by atoms with E-state index >= 15 is 0 Å². The molecule has 0 amide bonds. The van der Waals surface area contributed by atoms with Gasteiger partial charge in [0.25, 0.3) is 0 Å². The Bertz CT molecular complexity index is 1500. The molecule has 5 rings (SSSR count). The summed E-state index contributed by atoms with van der Waals surface area (Å²) in [6.45, 7) is 4.71. The summed E-state index contributed by atoms with van der Waals surface area (Å²) < 4.78 is 59.4. The summed E-state index contributed by atoms with van der Waals surface area (Å²) in [5, 5.41) is 149. The lowest BCUT2D eigenvalue weighted by Gasteiger charge is -2.50. The highest BCUT2D eigenvalue weighted by atomic mass is 16.8. The molecule has 14 N–H and O–H groups in total. The Balaban J connectivity index is 1.27. The van der Waals surface area contributed by atoms with E-state index in [0.29, 0.717) is 19.3 Å². The summed E-state index contributed by atoms with van der Waals surface area (Å²) >= 11 is 0. The third-order valence-corrected chi connectivity index (χ3v) is 13.5. The number of carbonyl (C=O) groups is 1. The van der Waals surface area contributed by atoms with Crippen LogP contribution in [0, 0.1) is 0 Å². The number of hydrogen-bond donors (Lipinski definition) is 14. The van der Waals surface area contributed by atoms with Gasteiger partial charge in [0.2, 0.25) is 0 Å². The van der Waals surface area contributed by atoms with E-state index in [1.54, 1.807) is 0 Å². The van der Waals surface area contributed by atoms with Gasteiger partial charge in [-0.05, 0) is 40.0 Å². The van der Waals surface area contributed by atoms with E-state index < -0.39 is 179 Å². The van der Waals surface area contributed by atoms with Gasteiger partial charge >= 0.3 is 5.97 Å². The van der Waals surface area contributed by atoms with Crippen molar-refractivity contribution >= 4 is 5.97 Å². The van der Waals surface area contributed by atoms with Crippen molar-refractivity contribution in [2.45, 2.75) is 258 Å². The lowest BCUT2D eigenvalue weighted by Crippen LogP contribution is -2.67. The fourth-order valence-electron chi connectivity index (χ4n) is 9.31. The molecule has 5 fully saturated rings. The van der Waals surface area contributed by atoms with Gasteiger partial charge in [0.15, 0.2) is 31.5 Å². The van der Waals surface area contributed by atoms with Gasteiger partial charge in [0.05, 0.1) is 37.6 Å². The highest BCUT2D eigenvalue weighted by Crippen LogP contribution is 2.37. The molecule has 5 aliphatic heterocycles. The minimum atomic E-state index is -1.97. The van der Waals surface area contributed by atoms with Crippen LogP contribution in [0.5, 0.6) is 0 Å². The van der Waals surface area contributed by atoms with Gasteiger partial charge in [-0.15, -0.1) is 0 Å². The molecule has 5 aliphatic rings. The summed E-state index contributed by atoms with van der Waals surface area (Å²) in [7, 11) is 0. The van der Waals surface area contributed by atoms with Gasteiger partial charge in [0, 0.05) is 6.42 Å². The number of ether oxygens (including phenoxy) is 10. The first-order valence-corrected chi connectivity index (χ1v) is 24.2. The number of carboxylic acids is 1. The molecule has 404 valence electrons. The van der Waals surface area contributed by atoms with Crippen LogP contribution in [0.15, 0.2) is 0 Å². The van der Waals surface area contributed by atoms with Crippen LogP contribution in [0.1, 0.15) is 98.3 Å². The molecule has 0 aromatic heterocycles.